The van der Waals surface area contributed by atoms with Crippen LogP contribution in [0.5, 0.6) is 0 Å². The minimum Gasteiger partial charge on any atom is -0.287 e. The molecule has 24 heavy (non-hydrogen) atoms. The molecular weight excluding hydrogens is 321 g/mol. The highest BCUT2D eigenvalue weighted by atomic mass is 32.1. The minimum absolute atomic E-state index is 0.00813. The molecule has 0 atom stereocenters. The van der Waals surface area contributed by atoms with E-state index < -0.39 is 5.41 Å². The van der Waals surface area contributed by atoms with Crippen LogP contribution in [0.1, 0.15) is 52.7 Å². The zero-order chi connectivity index (χ0) is 17.9. The predicted molar refractivity (Wildman–Crippen MR) is 99.9 cm³/mol. The van der Waals surface area contributed by atoms with E-state index in [4.69, 9.17) is 0 Å². The Kier molecular flexibility index (Phi) is 3.79. The lowest BCUT2D eigenvalue weighted by Crippen LogP contribution is -2.25. The van der Waals surface area contributed by atoms with E-state index in [0.717, 1.165) is 10.2 Å². The van der Waals surface area contributed by atoms with Crippen molar-refractivity contribution in [3.8, 4) is 10.6 Å². The summed E-state index contributed by atoms with van der Waals surface area (Å²) in [6.45, 7) is 12.1. The number of aromatic nitrogens is 1. The van der Waals surface area contributed by atoms with Crippen molar-refractivity contribution in [3.05, 3.63) is 51.4 Å². The monoisotopic (exact) mass is 343 g/mol. The van der Waals surface area contributed by atoms with Gasteiger partial charge in [-0.3, -0.25) is 4.79 Å². The number of benzene rings is 2. The molecule has 1 aliphatic carbocycles. The Bertz CT molecular complexity index is 960. The van der Waals surface area contributed by atoms with E-state index in [1.54, 1.807) is 0 Å². The lowest BCUT2D eigenvalue weighted by molar-refractivity contribution is 0.569. The third kappa shape index (κ3) is 2.84. The number of fused-ring (bicyclic) bond motifs is 2. The molecule has 0 fully saturated rings. The number of nitrogens with zero attached hydrogens (tertiary/aromatic N) is 1. The molecule has 0 radical (unpaired) electrons. The molecule has 1 aliphatic heterocycles. The fourth-order valence-electron chi connectivity index (χ4n) is 2.74. The molecule has 0 spiro atoms. The van der Waals surface area contributed by atoms with Crippen molar-refractivity contribution in [1.29, 1.82) is 0 Å². The van der Waals surface area contributed by atoms with Gasteiger partial charge in [-0.05, 0) is 34.6 Å². The van der Waals surface area contributed by atoms with Crippen molar-refractivity contribution in [3.63, 3.8) is 0 Å². The number of hydrogen-bond donors (Lipinski definition) is 0. The predicted octanol–water partition coefficient (Wildman–Crippen LogP) is 5.50. The maximum Gasteiger partial charge on any atom is 0.209 e. The maximum absolute atomic E-state index is 14.7. The average Bonchev–Trinajstić information content (AvgIpc) is 2.46. The number of hydrogen-bond acceptors (Lipinski definition) is 3. The van der Waals surface area contributed by atoms with Crippen molar-refractivity contribution >= 4 is 21.6 Å². The van der Waals surface area contributed by atoms with E-state index in [1.165, 1.54) is 23.0 Å². The highest BCUT2D eigenvalue weighted by Crippen LogP contribution is 2.35. The van der Waals surface area contributed by atoms with Gasteiger partial charge < -0.3 is 0 Å². The van der Waals surface area contributed by atoms with Crippen molar-refractivity contribution in [2.75, 3.05) is 0 Å². The molecule has 0 saturated carbocycles. The Labute approximate surface area is 145 Å². The Morgan fingerprint density at radius 1 is 1.00 bits per heavy atom. The van der Waals surface area contributed by atoms with Crippen LogP contribution >= 0.6 is 11.3 Å². The van der Waals surface area contributed by atoms with Gasteiger partial charge in [0.15, 0.2) is 0 Å². The van der Waals surface area contributed by atoms with Crippen LogP contribution in [0.25, 0.3) is 20.8 Å². The van der Waals surface area contributed by atoms with Crippen LogP contribution in [0.15, 0.2) is 29.1 Å². The SMILES string of the molecule is CC(C)(C)c1ccc2nc3c(=O)c(C(C)(C)C)cc(F)c-3sc2c1. The zero-order valence-electron chi connectivity index (χ0n) is 15.0. The fourth-order valence-corrected chi connectivity index (χ4v) is 3.76. The Morgan fingerprint density at radius 2 is 1.67 bits per heavy atom. The van der Waals surface area contributed by atoms with Crippen LogP contribution in [0.2, 0.25) is 0 Å². The van der Waals surface area contributed by atoms with Crippen molar-refractivity contribution in [1.82, 2.24) is 4.98 Å². The molecule has 2 nitrogen and oxygen atoms in total. The molecule has 1 heterocycles. The fraction of sp³-hybridized carbons (Fsp3) is 0.400. The first-order valence-electron chi connectivity index (χ1n) is 8.06. The van der Waals surface area contributed by atoms with Gasteiger partial charge in [0, 0.05) is 5.56 Å². The molecule has 126 valence electrons. The zero-order valence-corrected chi connectivity index (χ0v) is 15.8. The number of halogens is 1. The quantitative estimate of drug-likeness (QED) is 0.505. The second-order valence-corrected chi connectivity index (χ2v) is 9.36. The molecule has 0 aromatic heterocycles. The van der Waals surface area contributed by atoms with Crippen molar-refractivity contribution in [2.24, 2.45) is 0 Å². The van der Waals surface area contributed by atoms with Gasteiger partial charge in [0.25, 0.3) is 0 Å². The highest BCUT2D eigenvalue weighted by molar-refractivity contribution is 7.21. The van der Waals surface area contributed by atoms with Gasteiger partial charge in [0.1, 0.15) is 11.5 Å². The van der Waals surface area contributed by atoms with Crippen LogP contribution in [-0.4, -0.2) is 4.98 Å². The van der Waals surface area contributed by atoms with E-state index in [1.807, 2.05) is 39.0 Å². The molecular formula is C20H22FNOS. The highest BCUT2D eigenvalue weighted by Gasteiger charge is 2.26. The van der Waals surface area contributed by atoms with Crippen LogP contribution in [-0.2, 0) is 10.8 Å². The molecule has 0 amide bonds. The van der Waals surface area contributed by atoms with Gasteiger partial charge in [-0.1, -0.05) is 47.6 Å². The molecule has 3 rings (SSSR count). The minimum atomic E-state index is -0.413. The van der Waals surface area contributed by atoms with E-state index in [9.17, 15) is 9.18 Å². The van der Waals surface area contributed by atoms with Gasteiger partial charge in [-0.2, -0.15) is 0 Å². The van der Waals surface area contributed by atoms with E-state index >= 15 is 0 Å². The standard InChI is InChI=1S/C20H22FNOS/c1-19(2,3)11-7-8-14-15(9-11)24-18-13(21)10-12(20(4,5)6)17(23)16(18)22-14/h7-10H,1-6H3. The average molecular weight is 343 g/mol. The van der Waals surface area contributed by atoms with Crippen molar-refractivity contribution < 1.29 is 4.39 Å². The maximum atomic E-state index is 14.7. The van der Waals surface area contributed by atoms with Crippen molar-refractivity contribution in [2.45, 2.75) is 52.4 Å². The van der Waals surface area contributed by atoms with E-state index in [-0.39, 0.29) is 22.4 Å². The summed E-state index contributed by atoms with van der Waals surface area (Å²) in [4.78, 5) is 17.6. The van der Waals surface area contributed by atoms with Crippen LogP contribution in [0.4, 0.5) is 4.39 Å². The molecule has 0 unspecified atom stereocenters. The first-order chi connectivity index (χ1) is 11.0. The van der Waals surface area contributed by atoms with Gasteiger partial charge in [0.2, 0.25) is 5.43 Å². The van der Waals surface area contributed by atoms with Gasteiger partial charge >= 0.3 is 0 Å². The van der Waals surface area contributed by atoms with Crippen LogP contribution < -0.4 is 5.43 Å². The molecule has 1 aromatic rings. The summed E-state index contributed by atoms with van der Waals surface area (Å²) in [5.74, 6) is -0.366. The largest absolute Gasteiger partial charge is 0.287 e. The summed E-state index contributed by atoms with van der Waals surface area (Å²) in [5.41, 5.74) is 2.04. The van der Waals surface area contributed by atoms with Crippen LogP contribution in [0.3, 0.4) is 0 Å². The third-order valence-corrected chi connectivity index (χ3v) is 5.38. The summed E-state index contributed by atoms with van der Waals surface area (Å²) in [5, 5.41) is 0. The summed E-state index contributed by atoms with van der Waals surface area (Å²) < 4.78 is 15.6. The molecule has 0 bridgehead atoms. The second-order valence-electron chi connectivity index (χ2n) is 8.31. The lowest BCUT2D eigenvalue weighted by atomic mass is 9.86. The van der Waals surface area contributed by atoms with Gasteiger partial charge in [0.05, 0.1) is 15.1 Å². The molecule has 4 heteroatoms. The normalized spacial score (nSPS) is 13.0. The van der Waals surface area contributed by atoms with E-state index in [2.05, 4.69) is 25.8 Å². The van der Waals surface area contributed by atoms with Gasteiger partial charge in [-0.25, -0.2) is 9.37 Å². The lowest BCUT2D eigenvalue weighted by Gasteiger charge is -2.21. The first-order valence-corrected chi connectivity index (χ1v) is 8.88. The topological polar surface area (TPSA) is 30.0 Å². The molecule has 1 aromatic carbocycles. The Morgan fingerprint density at radius 3 is 2.25 bits per heavy atom. The summed E-state index contributed by atoms with van der Waals surface area (Å²) in [7, 11) is 0. The molecule has 0 saturated heterocycles. The summed E-state index contributed by atoms with van der Waals surface area (Å²) in [6, 6.07) is 7.38. The molecule has 2 aliphatic rings. The van der Waals surface area contributed by atoms with Crippen LogP contribution in [0, 0.1) is 5.82 Å². The second kappa shape index (κ2) is 5.35. The Hall–Kier alpha value is -1.81. The Balaban J connectivity index is 2.37. The summed E-state index contributed by atoms with van der Waals surface area (Å²) in [6.07, 6.45) is 0. The third-order valence-electron chi connectivity index (χ3n) is 4.24. The summed E-state index contributed by atoms with van der Waals surface area (Å²) >= 11 is 1.30. The number of rotatable bonds is 0. The van der Waals surface area contributed by atoms with E-state index in [0.29, 0.717) is 10.4 Å². The molecule has 0 N–H and O–H groups in total. The smallest absolute Gasteiger partial charge is 0.209 e. The first kappa shape index (κ1) is 17.0. The van der Waals surface area contributed by atoms with Gasteiger partial charge in [-0.15, -0.1) is 11.3 Å².